The predicted octanol–water partition coefficient (Wildman–Crippen LogP) is 16.4. The molecule has 3 heteroatoms. The molecule has 60 heavy (non-hydrogen) atoms. The van der Waals surface area contributed by atoms with E-state index in [0.717, 1.165) is 62.0 Å². The third kappa shape index (κ3) is 6.93. The van der Waals surface area contributed by atoms with Crippen LogP contribution in [0.15, 0.2) is 243 Å². The van der Waals surface area contributed by atoms with Crippen LogP contribution >= 0.6 is 0 Å². The van der Waals surface area contributed by atoms with Crippen LogP contribution < -0.4 is 14.7 Å². The van der Waals surface area contributed by atoms with Crippen molar-refractivity contribution in [2.45, 2.75) is 6.92 Å². The maximum atomic E-state index is 2.44. The topological polar surface area (TPSA) is 9.72 Å². The molecule has 10 aromatic carbocycles. The Morgan fingerprint density at radius 1 is 0.250 bits per heavy atom. The summed E-state index contributed by atoms with van der Waals surface area (Å²) in [6.45, 7) is 2.16. The van der Waals surface area contributed by atoms with Gasteiger partial charge in [0, 0.05) is 56.3 Å². The van der Waals surface area contributed by atoms with Crippen LogP contribution in [0, 0.1) is 6.92 Å². The molecule has 0 saturated heterocycles. The van der Waals surface area contributed by atoms with Gasteiger partial charge in [0.25, 0.3) is 0 Å². The van der Waals surface area contributed by atoms with E-state index in [1.165, 1.54) is 27.5 Å². The number of para-hydroxylation sites is 6. The quantitative estimate of drug-likeness (QED) is 0.128. The monoisotopic (exact) mass is 769 g/mol. The summed E-state index contributed by atoms with van der Waals surface area (Å²) in [5.74, 6) is 0. The fourth-order valence-corrected chi connectivity index (χ4v) is 8.50. The van der Waals surface area contributed by atoms with E-state index in [9.17, 15) is 0 Å². The molecule has 0 aliphatic heterocycles. The highest BCUT2D eigenvalue weighted by Gasteiger charge is 2.25. The van der Waals surface area contributed by atoms with Gasteiger partial charge in [-0.3, -0.25) is 0 Å². The average molecular weight is 770 g/mol. The van der Waals surface area contributed by atoms with Crippen molar-refractivity contribution >= 4 is 72.7 Å². The van der Waals surface area contributed by atoms with Crippen LogP contribution in [0.5, 0.6) is 0 Å². The molecule has 3 nitrogen and oxygen atoms in total. The van der Waals surface area contributed by atoms with Gasteiger partial charge in [-0.05, 0) is 126 Å². The van der Waals surface area contributed by atoms with Gasteiger partial charge in [0.1, 0.15) is 0 Å². The molecule has 0 aromatic heterocycles. The lowest BCUT2D eigenvalue weighted by atomic mass is 9.88. The van der Waals surface area contributed by atoms with E-state index in [4.69, 9.17) is 0 Å². The molecule has 10 rings (SSSR count). The Hall–Kier alpha value is -7.88. The first-order valence-corrected chi connectivity index (χ1v) is 20.5. The van der Waals surface area contributed by atoms with E-state index < -0.39 is 0 Å². The molecule has 286 valence electrons. The standard InChI is InChI=1S/C57H43N3/c1-42-32-34-43(35-33-42)56-52-38-36-51(59(46-24-12-4-13-25-46)47-26-14-5-15-27-47)41-55(52)57(60(48-28-16-6-17-29-48)49-30-18-7-19-31-49)53-39-37-50(40-54(53)56)58(44-20-8-2-9-21-44)45-22-10-3-11-23-45/h2-41H,1H3. The Morgan fingerprint density at radius 3 is 0.967 bits per heavy atom. The first kappa shape index (κ1) is 36.5. The second-order valence-electron chi connectivity index (χ2n) is 15.1. The predicted molar refractivity (Wildman–Crippen MR) is 256 cm³/mol. The van der Waals surface area contributed by atoms with Crippen molar-refractivity contribution in [3.05, 3.63) is 248 Å². The summed E-state index contributed by atoms with van der Waals surface area (Å²) >= 11 is 0. The van der Waals surface area contributed by atoms with Crippen LogP contribution in [0.2, 0.25) is 0 Å². The zero-order chi connectivity index (χ0) is 40.3. The molecule has 0 radical (unpaired) electrons. The third-order valence-corrected chi connectivity index (χ3v) is 11.2. The zero-order valence-corrected chi connectivity index (χ0v) is 33.4. The Balaban J connectivity index is 1.35. The van der Waals surface area contributed by atoms with Gasteiger partial charge in [-0.25, -0.2) is 0 Å². The first-order chi connectivity index (χ1) is 29.7. The van der Waals surface area contributed by atoms with Crippen molar-refractivity contribution in [3.63, 3.8) is 0 Å². The Morgan fingerprint density at radius 2 is 0.583 bits per heavy atom. The molecule has 0 spiro atoms. The highest BCUT2D eigenvalue weighted by Crippen LogP contribution is 2.51. The second kappa shape index (κ2) is 16.2. The number of nitrogens with zero attached hydrogens (tertiary/aromatic N) is 3. The lowest BCUT2D eigenvalue weighted by Gasteiger charge is -2.32. The van der Waals surface area contributed by atoms with Gasteiger partial charge < -0.3 is 14.7 Å². The minimum atomic E-state index is 1.08. The lowest BCUT2D eigenvalue weighted by Crippen LogP contribution is -2.13. The number of hydrogen-bond acceptors (Lipinski definition) is 3. The minimum Gasteiger partial charge on any atom is -0.310 e. The van der Waals surface area contributed by atoms with E-state index in [1.807, 2.05) is 0 Å². The largest absolute Gasteiger partial charge is 0.310 e. The molecule has 0 aliphatic rings. The summed E-state index contributed by atoms with van der Waals surface area (Å²) < 4.78 is 0. The minimum absolute atomic E-state index is 1.08. The van der Waals surface area contributed by atoms with Crippen LogP contribution in [0.4, 0.5) is 51.2 Å². The van der Waals surface area contributed by atoms with Gasteiger partial charge in [-0.1, -0.05) is 151 Å². The summed E-state index contributed by atoms with van der Waals surface area (Å²) in [4.78, 5) is 7.15. The Labute approximate surface area is 352 Å². The lowest BCUT2D eigenvalue weighted by molar-refractivity contribution is 1.28. The first-order valence-electron chi connectivity index (χ1n) is 20.5. The van der Waals surface area contributed by atoms with Gasteiger partial charge in [0.15, 0.2) is 0 Å². The summed E-state index contributed by atoms with van der Waals surface area (Å²) in [5, 5.41) is 4.64. The van der Waals surface area contributed by atoms with Crippen molar-refractivity contribution in [1.29, 1.82) is 0 Å². The molecule has 0 unspecified atom stereocenters. The van der Waals surface area contributed by atoms with Crippen molar-refractivity contribution in [2.75, 3.05) is 14.7 Å². The molecule has 0 amide bonds. The van der Waals surface area contributed by atoms with Crippen molar-refractivity contribution < 1.29 is 0 Å². The van der Waals surface area contributed by atoms with Crippen molar-refractivity contribution in [1.82, 2.24) is 0 Å². The van der Waals surface area contributed by atoms with E-state index in [-0.39, 0.29) is 0 Å². The Bertz CT molecular complexity index is 2890. The molecule has 10 aromatic rings. The van der Waals surface area contributed by atoms with Gasteiger partial charge in [-0.2, -0.15) is 0 Å². The third-order valence-electron chi connectivity index (χ3n) is 11.2. The second-order valence-corrected chi connectivity index (χ2v) is 15.1. The number of benzene rings is 10. The van der Waals surface area contributed by atoms with E-state index in [0.29, 0.717) is 0 Å². The van der Waals surface area contributed by atoms with Crippen LogP contribution in [0.25, 0.3) is 32.7 Å². The Kier molecular flexibility index (Phi) is 9.82. The van der Waals surface area contributed by atoms with Crippen molar-refractivity contribution in [2.24, 2.45) is 0 Å². The number of hydrogen-bond donors (Lipinski definition) is 0. The molecule has 0 bridgehead atoms. The maximum Gasteiger partial charge on any atom is 0.0619 e. The van der Waals surface area contributed by atoms with Crippen LogP contribution in [0.3, 0.4) is 0 Å². The van der Waals surface area contributed by atoms with Gasteiger partial charge in [0.2, 0.25) is 0 Å². The fraction of sp³-hybridized carbons (Fsp3) is 0.0175. The van der Waals surface area contributed by atoms with E-state index in [2.05, 4.69) is 264 Å². The molecule has 0 fully saturated rings. The maximum absolute atomic E-state index is 2.44. The molecule has 0 heterocycles. The molecular formula is C57H43N3. The fourth-order valence-electron chi connectivity index (χ4n) is 8.50. The van der Waals surface area contributed by atoms with Crippen LogP contribution in [-0.4, -0.2) is 0 Å². The van der Waals surface area contributed by atoms with E-state index in [1.54, 1.807) is 0 Å². The normalized spacial score (nSPS) is 11.1. The van der Waals surface area contributed by atoms with Crippen LogP contribution in [-0.2, 0) is 0 Å². The van der Waals surface area contributed by atoms with Crippen LogP contribution in [0.1, 0.15) is 5.56 Å². The molecular weight excluding hydrogens is 727 g/mol. The van der Waals surface area contributed by atoms with E-state index >= 15 is 0 Å². The van der Waals surface area contributed by atoms with Gasteiger partial charge in [-0.15, -0.1) is 0 Å². The average Bonchev–Trinajstić information content (AvgIpc) is 3.32. The molecule has 0 aliphatic carbocycles. The number of aryl methyl sites for hydroxylation is 1. The molecule has 0 N–H and O–H groups in total. The number of rotatable bonds is 10. The van der Waals surface area contributed by atoms with Crippen molar-refractivity contribution in [3.8, 4) is 11.1 Å². The summed E-state index contributed by atoms with van der Waals surface area (Å²) in [6.07, 6.45) is 0. The zero-order valence-electron chi connectivity index (χ0n) is 33.4. The number of anilines is 9. The summed E-state index contributed by atoms with van der Waals surface area (Å²) in [5.41, 5.74) is 13.4. The number of fused-ring (bicyclic) bond motifs is 2. The van der Waals surface area contributed by atoms with Gasteiger partial charge in [0.05, 0.1) is 5.69 Å². The summed E-state index contributed by atoms with van der Waals surface area (Å²) in [7, 11) is 0. The SMILES string of the molecule is Cc1ccc(-c2c3cc(N(c4ccccc4)c4ccccc4)ccc3c(N(c3ccccc3)c3ccccc3)c3cc(N(c4ccccc4)c4ccccc4)ccc23)cc1. The highest BCUT2D eigenvalue weighted by atomic mass is 15.2. The molecule has 0 atom stereocenters. The van der Waals surface area contributed by atoms with Gasteiger partial charge >= 0.3 is 0 Å². The molecule has 0 saturated carbocycles. The smallest absolute Gasteiger partial charge is 0.0619 e. The summed E-state index contributed by atoms with van der Waals surface area (Å²) in [6, 6.07) is 87.3. The highest BCUT2D eigenvalue weighted by molar-refractivity contribution is 6.23.